The van der Waals surface area contributed by atoms with Gasteiger partial charge in [0, 0.05) is 17.3 Å². The fourth-order valence-electron chi connectivity index (χ4n) is 2.86. The number of carbonyl (C=O) groups is 1. The number of carboxylic acid groups (broad SMARTS) is 1. The molecular weight excluding hydrogens is 286 g/mol. The summed E-state index contributed by atoms with van der Waals surface area (Å²) in [5, 5.41) is 9.90. The molecule has 0 atom stereocenters. The van der Waals surface area contributed by atoms with Crippen molar-refractivity contribution in [3.63, 3.8) is 0 Å². The molecule has 1 aliphatic heterocycles. The van der Waals surface area contributed by atoms with Crippen LogP contribution in [0.1, 0.15) is 28.8 Å². The maximum Gasteiger partial charge on any atom is 0.337 e. The van der Waals surface area contributed by atoms with Crippen LogP contribution in [-0.4, -0.2) is 17.6 Å². The first-order valence-electron chi connectivity index (χ1n) is 7.05. The summed E-state index contributed by atoms with van der Waals surface area (Å²) in [6.07, 6.45) is 3.18. The van der Waals surface area contributed by atoms with Crippen molar-refractivity contribution in [3.05, 3.63) is 58.6 Å². The quantitative estimate of drug-likeness (QED) is 0.887. The number of aromatic carboxylic acids is 1. The second-order valence-corrected chi connectivity index (χ2v) is 5.64. The minimum atomic E-state index is -0.950. The minimum absolute atomic E-state index is 0.249. The van der Waals surface area contributed by atoms with Gasteiger partial charge in [-0.25, -0.2) is 4.79 Å². The van der Waals surface area contributed by atoms with Gasteiger partial charge in [-0.15, -0.1) is 0 Å². The van der Waals surface area contributed by atoms with Crippen LogP contribution in [-0.2, 0) is 6.42 Å². The van der Waals surface area contributed by atoms with E-state index < -0.39 is 5.97 Å². The summed E-state index contributed by atoms with van der Waals surface area (Å²) < 4.78 is 0. The summed E-state index contributed by atoms with van der Waals surface area (Å²) in [6, 6.07) is 13.3. The average molecular weight is 302 g/mol. The first kappa shape index (κ1) is 14.0. The molecule has 0 fully saturated rings. The molecule has 0 radical (unpaired) electrons. The molecule has 108 valence electrons. The van der Waals surface area contributed by atoms with E-state index in [1.165, 1.54) is 11.6 Å². The van der Waals surface area contributed by atoms with E-state index in [2.05, 4.69) is 17.0 Å². The highest BCUT2D eigenvalue weighted by Crippen LogP contribution is 2.35. The highest BCUT2D eigenvalue weighted by molar-refractivity contribution is 6.31. The third kappa shape index (κ3) is 2.74. The van der Waals surface area contributed by atoms with Gasteiger partial charge in [0.1, 0.15) is 0 Å². The monoisotopic (exact) mass is 301 g/mol. The van der Waals surface area contributed by atoms with Crippen molar-refractivity contribution in [2.75, 3.05) is 11.4 Å². The van der Waals surface area contributed by atoms with Gasteiger partial charge in [0.05, 0.1) is 11.3 Å². The van der Waals surface area contributed by atoms with Crippen LogP contribution in [0.15, 0.2) is 42.5 Å². The number of fused-ring (bicyclic) bond motifs is 1. The Morgan fingerprint density at radius 1 is 1.10 bits per heavy atom. The lowest BCUT2D eigenvalue weighted by molar-refractivity contribution is 0.0697. The van der Waals surface area contributed by atoms with Crippen LogP contribution in [0.4, 0.5) is 11.4 Å². The van der Waals surface area contributed by atoms with Crippen LogP contribution in [0.5, 0.6) is 0 Å². The molecule has 0 bridgehead atoms. The van der Waals surface area contributed by atoms with E-state index >= 15 is 0 Å². The molecule has 2 aromatic carbocycles. The Balaban J connectivity index is 2.14. The molecule has 1 heterocycles. The standard InChI is InChI=1S/C17H16ClNO2/c18-13-8-9-16(14(11-13)17(20)21)19-10-4-3-6-12-5-1-2-7-15(12)19/h1-2,5,7-9,11H,3-4,6,10H2,(H,20,21). The van der Waals surface area contributed by atoms with E-state index in [1.54, 1.807) is 12.1 Å². The third-order valence-electron chi connectivity index (χ3n) is 3.84. The summed E-state index contributed by atoms with van der Waals surface area (Å²) in [5.41, 5.74) is 3.32. The van der Waals surface area contributed by atoms with Crippen molar-refractivity contribution >= 4 is 28.9 Å². The molecule has 0 unspecified atom stereocenters. The van der Waals surface area contributed by atoms with Crippen LogP contribution < -0.4 is 4.90 Å². The van der Waals surface area contributed by atoms with Gasteiger partial charge in [-0.3, -0.25) is 0 Å². The molecule has 0 aliphatic carbocycles. The van der Waals surface area contributed by atoms with E-state index in [4.69, 9.17) is 11.6 Å². The number of rotatable bonds is 2. The van der Waals surface area contributed by atoms with Gasteiger partial charge in [-0.05, 0) is 49.1 Å². The van der Waals surface area contributed by atoms with Crippen LogP contribution in [0.2, 0.25) is 5.02 Å². The number of nitrogens with zero attached hydrogens (tertiary/aromatic N) is 1. The number of anilines is 2. The van der Waals surface area contributed by atoms with E-state index in [-0.39, 0.29) is 5.56 Å². The van der Waals surface area contributed by atoms with Crippen molar-refractivity contribution < 1.29 is 9.90 Å². The number of para-hydroxylation sites is 1. The zero-order valence-corrected chi connectivity index (χ0v) is 12.3. The van der Waals surface area contributed by atoms with Gasteiger partial charge in [0.15, 0.2) is 0 Å². The van der Waals surface area contributed by atoms with Gasteiger partial charge < -0.3 is 10.0 Å². The lowest BCUT2D eigenvalue weighted by Gasteiger charge is -2.26. The van der Waals surface area contributed by atoms with Crippen LogP contribution in [0.25, 0.3) is 0 Å². The van der Waals surface area contributed by atoms with E-state index in [9.17, 15) is 9.90 Å². The van der Waals surface area contributed by atoms with Gasteiger partial charge in [-0.2, -0.15) is 0 Å². The van der Waals surface area contributed by atoms with Crippen LogP contribution in [0.3, 0.4) is 0 Å². The number of hydrogen-bond donors (Lipinski definition) is 1. The maximum absolute atomic E-state index is 11.5. The zero-order chi connectivity index (χ0) is 14.8. The molecule has 0 aromatic heterocycles. The number of aryl methyl sites for hydroxylation is 1. The van der Waals surface area contributed by atoms with Crippen molar-refractivity contribution in [3.8, 4) is 0 Å². The van der Waals surface area contributed by atoms with E-state index in [0.717, 1.165) is 31.5 Å². The number of hydrogen-bond acceptors (Lipinski definition) is 2. The molecule has 3 rings (SSSR count). The maximum atomic E-state index is 11.5. The number of carboxylic acids is 1. The fourth-order valence-corrected chi connectivity index (χ4v) is 3.03. The summed E-state index contributed by atoms with van der Waals surface area (Å²) >= 11 is 5.95. The van der Waals surface area contributed by atoms with Crippen molar-refractivity contribution in [2.24, 2.45) is 0 Å². The number of halogens is 1. The Hall–Kier alpha value is -2.00. The molecule has 21 heavy (non-hydrogen) atoms. The Bertz CT molecular complexity index is 684. The van der Waals surface area contributed by atoms with Gasteiger partial charge in [-0.1, -0.05) is 29.8 Å². The first-order chi connectivity index (χ1) is 10.2. The zero-order valence-electron chi connectivity index (χ0n) is 11.6. The largest absolute Gasteiger partial charge is 0.478 e. The highest BCUT2D eigenvalue weighted by Gasteiger charge is 2.21. The summed E-state index contributed by atoms with van der Waals surface area (Å²) in [5.74, 6) is -0.950. The summed E-state index contributed by atoms with van der Waals surface area (Å²) in [6.45, 7) is 0.818. The molecule has 0 saturated heterocycles. The molecule has 4 heteroatoms. The predicted molar refractivity (Wildman–Crippen MR) is 84.8 cm³/mol. The SMILES string of the molecule is O=C(O)c1cc(Cl)ccc1N1CCCCc2ccccc21. The van der Waals surface area contributed by atoms with Crippen LogP contribution >= 0.6 is 11.6 Å². The highest BCUT2D eigenvalue weighted by atomic mass is 35.5. The lowest BCUT2D eigenvalue weighted by Crippen LogP contribution is -2.20. The van der Waals surface area contributed by atoms with E-state index in [0.29, 0.717) is 10.7 Å². The Morgan fingerprint density at radius 3 is 2.71 bits per heavy atom. The Kier molecular flexibility index (Phi) is 3.84. The Morgan fingerprint density at radius 2 is 1.90 bits per heavy atom. The van der Waals surface area contributed by atoms with Gasteiger partial charge >= 0.3 is 5.97 Å². The van der Waals surface area contributed by atoms with Gasteiger partial charge in [0.2, 0.25) is 0 Å². The normalized spacial score (nSPS) is 14.4. The molecular formula is C17H16ClNO2. The summed E-state index contributed by atoms with van der Waals surface area (Å²) in [7, 11) is 0. The minimum Gasteiger partial charge on any atom is -0.478 e. The lowest BCUT2D eigenvalue weighted by atomic mass is 10.1. The topological polar surface area (TPSA) is 40.5 Å². The van der Waals surface area contributed by atoms with E-state index in [1.807, 2.05) is 12.1 Å². The molecule has 2 aromatic rings. The van der Waals surface area contributed by atoms with Crippen molar-refractivity contribution in [1.82, 2.24) is 0 Å². The number of benzene rings is 2. The smallest absolute Gasteiger partial charge is 0.337 e. The van der Waals surface area contributed by atoms with Crippen molar-refractivity contribution in [2.45, 2.75) is 19.3 Å². The molecule has 1 N–H and O–H groups in total. The fraction of sp³-hybridized carbons (Fsp3) is 0.235. The van der Waals surface area contributed by atoms with Crippen LogP contribution in [0, 0.1) is 0 Å². The first-order valence-corrected chi connectivity index (χ1v) is 7.43. The summed E-state index contributed by atoms with van der Waals surface area (Å²) in [4.78, 5) is 13.6. The average Bonchev–Trinajstić information content (AvgIpc) is 2.69. The molecule has 0 saturated carbocycles. The molecule has 3 nitrogen and oxygen atoms in total. The predicted octanol–water partition coefficient (Wildman–Crippen LogP) is 4.51. The Labute approximate surface area is 128 Å². The molecule has 0 spiro atoms. The van der Waals surface area contributed by atoms with Gasteiger partial charge in [0.25, 0.3) is 0 Å². The second-order valence-electron chi connectivity index (χ2n) is 5.20. The third-order valence-corrected chi connectivity index (χ3v) is 4.08. The molecule has 1 aliphatic rings. The molecule has 0 amide bonds. The second kappa shape index (κ2) is 5.78. The van der Waals surface area contributed by atoms with Crippen molar-refractivity contribution in [1.29, 1.82) is 0 Å².